The van der Waals surface area contributed by atoms with Gasteiger partial charge in [-0.05, 0) is 0 Å². The fraction of sp³-hybridized carbons (Fsp3) is 0.143. The van der Waals surface area contributed by atoms with Gasteiger partial charge >= 0.3 is 119 Å². The number of halogens is 2. The Kier molecular flexibility index (Phi) is 11.1. The molecule has 0 atom stereocenters. The molecule has 2 rings (SSSR count). The molecule has 0 radical (unpaired) electrons. The van der Waals surface area contributed by atoms with Crippen molar-refractivity contribution in [3.63, 3.8) is 0 Å². The molecule has 2 heterocycles. The van der Waals surface area contributed by atoms with Gasteiger partial charge in [0.15, 0.2) is 0 Å². The smallest absolute Gasteiger partial charge is 1.00 e. The summed E-state index contributed by atoms with van der Waals surface area (Å²) < 4.78 is 24.7. The van der Waals surface area contributed by atoms with Gasteiger partial charge < -0.3 is 24.8 Å². The van der Waals surface area contributed by atoms with Crippen molar-refractivity contribution >= 4 is 27.8 Å². The molecule has 0 N–H and O–H groups in total. The summed E-state index contributed by atoms with van der Waals surface area (Å²) in [5, 5.41) is 0. The van der Waals surface area contributed by atoms with Gasteiger partial charge in [-0.25, -0.2) is 0 Å². The van der Waals surface area contributed by atoms with Gasteiger partial charge in [-0.1, -0.05) is 0 Å². The maximum Gasteiger partial charge on any atom is -1.00 e. The molecule has 0 aliphatic rings. The summed E-state index contributed by atoms with van der Waals surface area (Å²) in [6.07, 6.45) is 7.84. The number of nitrogens with zero attached hydrogens (tertiary/aromatic N) is 2. The first-order chi connectivity index (χ1) is 9.83. The maximum absolute atomic E-state index is 10.4. The summed E-state index contributed by atoms with van der Waals surface area (Å²) in [5.74, 6) is 3.33. The van der Waals surface area contributed by atoms with Crippen molar-refractivity contribution in [3.8, 4) is 11.1 Å². The normalized spacial score (nSPS) is 8.91. The van der Waals surface area contributed by atoms with Gasteiger partial charge in [0.25, 0.3) is 0 Å². The van der Waals surface area contributed by atoms with Gasteiger partial charge in [0.2, 0.25) is 0 Å². The van der Waals surface area contributed by atoms with Crippen LogP contribution in [0.2, 0.25) is 0 Å². The third-order valence-electron chi connectivity index (χ3n) is 2.85. The van der Waals surface area contributed by atoms with Crippen molar-refractivity contribution in [2.45, 2.75) is 13.1 Å². The fourth-order valence-corrected chi connectivity index (χ4v) is 2.31. The number of aromatic nitrogens is 2. The molecule has 0 fully saturated rings. The second-order valence-corrected chi connectivity index (χ2v) is 5.30. The van der Waals surface area contributed by atoms with E-state index < -0.39 is 0 Å². The van der Waals surface area contributed by atoms with E-state index in [2.05, 4.69) is 0 Å². The van der Waals surface area contributed by atoms with Crippen LogP contribution in [-0.4, -0.2) is 11.6 Å². The number of hydrogen-bond donors (Lipinski definition) is 0. The van der Waals surface area contributed by atoms with Crippen LogP contribution in [0.4, 0.5) is 0 Å². The molecule has 0 spiro atoms. The van der Waals surface area contributed by atoms with Crippen molar-refractivity contribution in [2.75, 3.05) is 0 Å². The van der Waals surface area contributed by atoms with Gasteiger partial charge in [-0.15, -0.1) is 0 Å². The molecule has 0 bridgehead atoms. The minimum absolute atomic E-state index is 0. The molecule has 0 aliphatic heterocycles. The Labute approximate surface area is 144 Å². The van der Waals surface area contributed by atoms with Crippen LogP contribution in [-0.2, 0) is 22.2 Å². The summed E-state index contributed by atoms with van der Waals surface area (Å²) >= 11 is 0. The fourth-order valence-electron chi connectivity index (χ4n) is 1.80. The van der Waals surface area contributed by atoms with Crippen LogP contribution < -0.4 is 33.9 Å². The molecule has 0 unspecified atom stereocenters. The molecule has 0 aliphatic carbocycles. The molecule has 0 saturated carbocycles. The van der Waals surface area contributed by atoms with Gasteiger partial charge in [0, 0.05) is 0 Å². The Hall–Kier alpha value is -0.920. The molecular weight excluding hydrogens is 361 g/mol. The van der Waals surface area contributed by atoms with Gasteiger partial charge in [-0.2, -0.15) is 0 Å². The van der Waals surface area contributed by atoms with E-state index in [4.69, 9.17) is 0 Å². The summed E-state index contributed by atoms with van der Waals surface area (Å²) in [6, 6.07) is 8.10. The predicted octanol–water partition coefficient (Wildman–Crippen LogP) is -3.88. The predicted molar refractivity (Wildman–Crippen MR) is 79.6 cm³/mol. The standard InChI is InChI=1S/C14H14N2O2P2.2ClH/c17-19-11-9-15-5-1-13(2-6-15)14-3-7-16(8-4-14)10-12-20-18;;/h1-8,11-12H,9-10H2;2*1H/q+4;;/p-2. The van der Waals surface area contributed by atoms with Crippen LogP contribution in [0, 0.1) is 0 Å². The van der Waals surface area contributed by atoms with E-state index in [-0.39, 0.29) is 41.0 Å². The molecule has 2 aromatic heterocycles. The average Bonchev–Trinajstić information content (AvgIpc) is 2.52. The minimum Gasteiger partial charge on any atom is -1.00 e. The summed E-state index contributed by atoms with van der Waals surface area (Å²) in [7, 11) is 0.108. The Morgan fingerprint density at radius 2 is 1.05 bits per heavy atom. The molecule has 114 valence electrons. The third kappa shape index (κ3) is 6.46. The topological polar surface area (TPSA) is 41.9 Å². The van der Waals surface area contributed by atoms with Gasteiger partial charge in [0.1, 0.15) is 0 Å². The quantitative estimate of drug-likeness (QED) is 0.397. The van der Waals surface area contributed by atoms with E-state index in [0.29, 0.717) is 13.1 Å². The van der Waals surface area contributed by atoms with Crippen LogP contribution in [0.5, 0.6) is 0 Å². The molecule has 22 heavy (non-hydrogen) atoms. The first-order valence-electron chi connectivity index (χ1n) is 6.10. The van der Waals surface area contributed by atoms with Crippen LogP contribution in [0.15, 0.2) is 49.1 Å². The van der Waals surface area contributed by atoms with Gasteiger partial charge in [0.05, 0.1) is 0 Å². The van der Waals surface area contributed by atoms with Crippen LogP contribution in [0.3, 0.4) is 0 Å². The SMILES string of the molecule is O=[P+]=CC[n+]1ccc(-c2cc[n+](CC=[P+]=O)cc2)cc1.[Cl-].[Cl-]. The number of hydrogen-bond acceptors (Lipinski definition) is 2. The molecule has 0 amide bonds. The monoisotopic (exact) mass is 374 g/mol. The Bertz CT molecular complexity index is 619. The van der Waals surface area contributed by atoms with Crippen LogP contribution in [0.25, 0.3) is 11.1 Å². The average molecular weight is 375 g/mol. The van der Waals surface area contributed by atoms with Crippen LogP contribution in [0.1, 0.15) is 0 Å². The van der Waals surface area contributed by atoms with E-state index >= 15 is 0 Å². The Balaban J connectivity index is 0.00000220. The largest absolute Gasteiger partial charge is 1.00 e. The maximum atomic E-state index is 10.4. The first-order valence-corrected chi connectivity index (χ1v) is 7.86. The van der Waals surface area contributed by atoms with Crippen LogP contribution >= 0.6 is 16.2 Å². The molecule has 0 saturated heterocycles. The second kappa shape index (κ2) is 11.6. The first kappa shape index (κ1) is 21.1. The summed E-state index contributed by atoms with van der Waals surface area (Å²) in [6.45, 7) is 1.26. The molecule has 2 aromatic rings. The molecular formula is C14H14Cl2N2O2P2+2. The minimum atomic E-state index is 0. The van der Waals surface area contributed by atoms with Crippen molar-refractivity contribution in [3.05, 3.63) is 49.1 Å². The summed E-state index contributed by atoms with van der Waals surface area (Å²) in [4.78, 5) is 0. The molecule has 4 nitrogen and oxygen atoms in total. The van der Waals surface area contributed by atoms with Crippen molar-refractivity contribution in [2.24, 2.45) is 0 Å². The zero-order chi connectivity index (χ0) is 14.2. The number of rotatable bonds is 5. The van der Waals surface area contributed by atoms with Crippen molar-refractivity contribution < 1.29 is 43.1 Å². The van der Waals surface area contributed by atoms with E-state index in [1.807, 2.05) is 58.2 Å². The second-order valence-electron chi connectivity index (χ2n) is 4.14. The van der Waals surface area contributed by atoms with E-state index in [1.54, 1.807) is 11.6 Å². The van der Waals surface area contributed by atoms with Crippen molar-refractivity contribution in [1.29, 1.82) is 0 Å². The molecule has 8 heteroatoms. The zero-order valence-electron chi connectivity index (χ0n) is 11.5. The van der Waals surface area contributed by atoms with E-state index in [9.17, 15) is 9.13 Å². The van der Waals surface area contributed by atoms with Crippen molar-refractivity contribution in [1.82, 2.24) is 0 Å². The van der Waals surface area contributed by atoms with E-state index in [0.717, 1.165) is 11.1 Å². The summed E-state index contributed by atoms with van der Waals surface area (Å²) in [5.41, 5.74) is 2.25. The third-order valence-corrected chi connectivity index (χ3v) is 3.47. The van der Waals surface area contributed by atoms with Gasteiger partial charge in [-0.3, -0.25) is 0 Å². The van der Waals surface area contributed by atoms with E-state index in [1.165, 1.54) is 0 Å². The Morgan fingerprint density at radius 3 is 1.32 bits per heavy atom. The zero-order valence-corrected chi connectivity index (χ0v) is 14.8. The Morgan fingerprint density at radius 1 is 0.727 bits per heavy atom. The number of pyridine rings is 2. The molecule has 0 aromatic carbocycles.